The van der Waals surface area contributed by atoms with Crippen LogP contribution in [-0.4, -0.2) is 46.4 Å². The van der Waals surface area contributed by atoms with Crippen molar-refractivity contribution in [3.05, 3.63) is 59.7 Å². The maximum atomic E-state index is 12.9. The first-order chi connectivity index (χ1) is 12.7. The zero-order valence-corrected chi connectivity index (χ0v) is 14.3. The van der Waals surface area contributed by atoms with E-state index in [1.54, 1.807) is 42.5 Å². The number of carbonyl (C=O) groups is 1. The van der Waals surface area contributed by atoms with Gasteiger partial charge in [0.25, 0.3) is 5.91 Å². The minimum Gasteiger partial charge on any atom is -0.508 e. The minimum atomic E-state index is -0.341. The van der Waals surface area contributed by atoms with Crippen LogP contribution >= 0.6 is 0 Å². The lowest BCUT2D eigenvalue weighted by atomic mass is 10.00. The number of benzene rings is 1. The number of amides is 1. The predicted molar refractivity (Wildman–Crippen MR) is 93.8 cm³/mol. The quantitative estimate of drug-likeness (QED) is 0.665. The number of nitrogens with zero attached hydrogens (tertiary/aromatic N) is 2. The van der Waals surface area contributed by atoms with Gasteiger partial charge < -0.3 is 19.2 Å². The molecule has 134 valence electrons. The van der Waals surface area contributed by atoms with E-state index in [0.717, 1.165) is 17.5 Å². The number of hydrogen-bond acceptors (Lipinski definition) is 5. The van der Waals surface area contributed by atoms with Crippen molar-refractivity contribution in [2.75, 3.05) is 20.3 Å². The van der Waals surface area contributed by atoms with Crippen molar-refractivity contribution in [1.82, 2.24) is 15.1 Å². The van der Waals surface area contributed by atoms with Gasteiger partial charge in [0.1, 0.15) is 23.2 Å². The predicted octanol–water partition coefficient (Wildman–Crippen LogP) is 2.96. The van der Waals surface area contributed by atoms with Crippen LogP contribution in [0.25, 0.3) is 11.3 Å². The molecule has 0 fully saturated rings. The molecule has 4 rings (SSSR count). The molecule has 1 atom stereocenters. The molecular weight excluding hydrogens is 334 g/mol. The maximum absolute atomic E-state index is 12.9. The summed E-state index contributed by atoms with van der Waals surface area (Å²) in [5, 5.41) is 16.8. The van der Waals surface area contributed by atoms with E-state index in [2.05, 4.69) is 10.2 Å². The highest BCUT2D eigenvalue weighted by molar-refractivity contribution is 6.00. The van der Waals surface area contributed by atoms with Gasteiger partial charge >= 0.3 is 0 Å². The molecule has 1 aromatic carbocycles. The fraction of sp³-hybridized carbons (Fsp3) is 0.263. The highest BCUT2D eigenvalue weighted by Gasteiger charge is 2.43. The molecule has 0 saturated carbocycles. The SMILES string of the molecule is COCCCN1C(=O)c2[nH]nc(-c3ccc(O)cc3)c2C1c1ccco1. The second-order valence-electron chi connectivity index (χ2n) is 6.17. The molecule has 1 aliphatic rings. The fourth-order valence-corrected chi connectivity index (χ4v) is 3.39. The van der Waals surface area contributed by atoms with Crippen LogP contribution in [0.1, 0.15) is 34.3 Å². The molecule has 1 aliphatic heterocycles. The highest BCUT2D eigenvalue weighted by atomic mass is 16.5. The number of methoxy groups -OCH3 is 1. The van der Waals surface area contributed by atoms with Crippen molar-refractivity contribution in [3.8, 4) is 17.0 Å². The number of fused-ring (bicyclic) bond motifs is 1. The van der Waals surface area contributed by atoms with Gasteiger partial charge in [0.05, 0.1) is 12.0 Å². The van der Waals surface area contributed by atoms with Gasteiger partial charge in [-0.15, -0.1) is 0 Å². The van der Waals surface area contributed by atoms with E-state index in [1.165, 1.54) is 0 Å². The van der Waals surface area contributed by atoms with Crippen molar-refractivity contribution in [1.29, 1.82) is 0 Å². The monoisotopic (exact) mass is 353 g/mol. The number of aromatic amines is 1. The third-order valence-electron chi connectivity index (χ3n) is 4.56. The summed E-state index contributed by atoms with van der Waals surface area (Å²) >= 11 is 0. The molecule has 1 amide bonds. The Morgan fingerprint density at radius 2 is 2.12 bits per heavy atom. The van der Waals surface area contributed by atoms with Gasteiger partial charge in [-0.2, -0.15) is 5.10 Å². The molecule has 7 nitrogen and oxygen atoms in total. The van der Waals surface area contributed by atoms with Crippen molar-refractivity contribution >= 4 is 5.91 Å². The molecule has 0 aliphatic carbocycles. The molecule has 1 unspecified atom stereocenters. The van der Waals surface area contributed by atoms with Gasteiger partial charge in [-0.25, -0.2) is 0 Å². The Morgan fingerprint density at radius 1 is 1.31 bits per heavy atom. The summed E-state index contributed by atoms with van der Waals surface area (Å²) in [6, 6.07) is 10.1. The average Bonchev–Trinajstić information content (AvgIpc) is 3.35. The molecule has 7 heteroatoms. The maximum Gasteiger partial charge on any atom is 0.273 e. The van der Waals surface area contributed by atoms with E-state index < -0.39 is 0 Å². The molecule has 3 heterocycles. The second-order valence-corrected chi connectivity index (χ2v) is 6.17. The van der Waals surface area contributed by atoms with Crippen LogP contribution in [0.2, 0.25) is 0 Å². The Morgan fingerprint density at radius 3 is 2.81 bits per heavy atom. The van der Waals surface area contributed by atoms with Crippen molar-refractivity contribution < 1.29 is 19.1 Å². The van der Waals surface area contributed by atoms with Crippen LogP contribution in [-0.2, 0) is 4.74 Å². The summed E-state index contributed by atoms with van der Waals surface area (Å²) in [6.07, 6.45) is 2.33. The number of hydrogen-bond donors (Lipinski definition) is 2. The van der Waals surface area contributed by atoms with Crippen LogP contribution in [0.5, 0.6) is 5.75 Å². The van der Waals surface area contributed by atoms with Gasteiger partial charge in [0, 0.05) is 31.4 Å². The summed E-state index contributed by atoms with van der Waals surface area (Å²) in [7, 11) is 1.64. The number of phenols is 1. The Labute approximate surface area is 150 Å². The summed E-state index contributed by atoms with van der Waals surface area (Å²) in [5.74, 6) is 0.770. The lowest BCUT2D eigenvalue weighted by Gasteiger charge is -2.24. The molecular formula is C19H19N3O4. The van der Waals surface area contributed by atoms with E-state index in [4.69, 9.17) is 9.15 Å². The molecule has 2 aromatic heterocycles. The highest BCUT2D eigenvalue weighted by Crippen LogP contribution is 2.43. The normalized spacial score (nSPS) is 16.3. The first kappa shape index (κ1) is 16.4. The number of nitrogens with one attached hydrogen (secondary N) is 1. The van der Waals surface area contributed by atoms with Gasteiger partial charge in [0.15, 0.2) is 0 Å². The van der Waals surface area contributed by atoms with Crippen molar-refractivity contribution in [2.24, 2.45) is 0 Å². The van der Waals surface area contributed by atoms with Crippen LogP contribution in [0, 0.1) is 0 Å². The molecule has 26 heavy (non-hydrogen) atoms. The first-order valence-electron chi connectivity index (χ1n) is 8.41. The number of ether oxygens (including phenoxy) is 1. The summed E-state index contributed by atoms with van der Waals surface area (Å²) in [6.45, 7) is 1.13. The first-order valence-corrected chi connectivity index (χ1v) is 8.41. The van der Waals surface area contributed by atoms with E-state index in [1.807, 2.05) is 12.1 Å². The lowest BCUT2D eigenvalue weighted by molar-refractivity contribution is 0.0708. The van der Waals surface area contributed by atoms with E-state index >= 15 is 0 Å². The number of furan rings is 1. The van der Waals surface area contributed by atoms with Crippen LogP contribution in [0.3, 0.4) is 0 Å². The summed E-state index contributed by atoms with van der Waals surface area (Å²) in [5.41, 5.74) is 2.78. The lowest BCUT2D eigenvalue weighted by Crippen LogP contribution is -2.31. The number of aromatic nitrogens is 2. The van der Waals surface area contributed by atoms with Gasteiger partial charge in [-0.3, -0.25) is 9.89 Å². The molecule has 0 bridgehead atoms. The Hall–Kier alpha value is -3.06. The second kappa shape index (κ2) is 6.68. The zero-order chi connectivity index (χ0) is 18.1. The molecule has 0 radical (unpaired) electrons. The van der Waals surface area contributed by atoms with Crippen molar-refractivity contribution in [3.63, 3.8) is 0 Å². The molecule has 0 saturated heterocycles. The van der Waals surface area contributed by atoms with Gasteiger partial charge in [-0.1, -0.05) is 0 Å². The van der Waals surface area contributed by atoms with E-state index in [9.17, 15) is 9.90 Å². The third-order valence-corrected chi connectivity index (χ3v) is 4.56. The van der Waals surface area contributed by atoms with Crippen molar-refractivity contribution in [2.45, 2.75) is 12.5 Å². The minimum absolute atomic E-state index is 0.102. The van der Waals surface area contributed by atoms with Gasteiger partial charge in [0.2, 0.25) is 0 Å². The van der Waals surface area contributed by atoms with Crippen LogP contribution in [0.15, 0.2) is 47.1 Å². The van der Waals surface area contributed by atoms with E-state index in [-0.39, 0.29) is 17.7 Å². The van der Waals surface area contributed by atoms with Crippen LogP contribution < -0.4 is 0 Å². The number of carbonyl (C=O) groups excluding carboxylic acids is 1. The molecule has 3 aromatic rings. The Kier molecular flexibility index (Phi) is 4.22. The largest absolute Gasteiger partial charge is 0.508 e. The molecule has 2 N–H and O–H groups in total. The Balaban J connectivity index is 1.78. The van der Waals surface area contributed by atoms with Crippen LogP contribution in [0.4, 0.5) is 0 Å². The molecule has 0 spiro atoms. The number of phenolic OH excluding ortho intramolecular Hbond substituents is 1. The number of H-pyrrole nitrogens is 1. The summed E-state index contributed by atoms with van der Waals surface area (Å²) in [4.78, 5) is 14.7. The average molecular weight is 353 g/mol. The van der Waals surface area contributed by atoms with E-state index in [0.29, 0.717) is 30.3 Å². The topological polar surface area (TPSA) is 91.6 Å². The third kappa shape index (κ3) is 2.66. The number of aromatic hydroxyl groups is 1. The standard InChI is InChI=1S/C19H19N3O4/c1-25-10-3-9-22-18(14-4-2-11-26-14)15-16(20-21-17(15)19(22)24)12-5-7-13(23)8-6-12/h2,4-8,11,18,23H,3,9-10H2,1H3,(H,20,21). The fourth-order valence-electron chi connectivity index (χ4n) is 3.39. The summed E-state index contributed by atoms with van der Waals surface area (Å²) < 4.78 is 10.8. The number of rotatable bonds is 6. The Bertz CT molecular complexity index is 900. The zero-order valence-electron chi connectivity index (χ0n) is 14.3. The smallest absolute Gasteiger partial charge is 0.273 e. The van der Waals surface area contributed by atoms with Gasteiger partial charge in [-0.05, 0) is 42.8 Å².